The van der Waals surface area contributed by atoms with Gasteiger partial charge in [-0.15, -0.1) is 11.3 Å². The Hall–Kier alpha value is -1.33. The van der Waals surface area contributed by atoms with Gasteiger partial charge in [-0.2, -0.15) is 0 Å². The summed E-state index contributed by atoms with van der Waals surface area (Å²) >= 11 is 5.00. The number of aryl methyl sites for hydroxylation is 1. The largest absolute Gasteiger partial charge is 0.398 e. The first-order chi connectivity index (χ1) is 8.99. The topological polar surface area (TPSA) is 46.3 Å². The molecule has 0 atom stereocenters. The van der Waals surface area contributed by atoms with Crippen LogP contribution in [0, 0.1) is 6.92 Å². The van der Waals surface area contributed by atoms with Crippen molar-refractivity contribution in [1.82, 2.24) is 4.90 Å². The number of hydrogen-bond acceptors (Lipinski definition) is 3. The molecule has 1 aromatic carbocycles. The molecule has 0 bridgehead atoms. The van der Waals surface area contributed by atoms with Gasteiger partial charge in [-0.1, -0.05) is 0 Å². The number of halogens is 1. The number of benzene rings is 1. The first-order valence-electron chi connectivity index (χ1n) is 5.82. The van der Waals surface area contributed by atoms with Crippen molar-refractivity contribution in [2.45, 2.75) is 13.5 Å². The Balaban J connectivity index is 2.15. The number of amides is 1. The third kappa shape index (κ3) is 3.16. The van der Waals surface area contributed by atoms with Crippen molar-refractivity contribution in [3.8, 4) is 0 Å². The van der Waals surface area contributed by atoms with E-state index in [0.29, 0.717) is 17.8 Å². The van der Waals surface area contributed by atoms with Gasteiger partial charge < -0.3 is 10.6 Å². The first-order valence-corrected chi connectivity index (χ1v) is 7.49. The van der Waals surface area contributed by atoms with Gasteiger partial charge in [0.25, 0.3) is 5.91 Å². The Kier molecular flexibility index (Phi) is 4.27. The standard InChI is InChI=1S/C14H15BrN2OS/c1-9-5-6-19-13(9)8-17(2)14(18)10-3-4-11(15)12(16)7-10/h3-7H,8,16H2,1-2H3. The molecule has 2 N–H and O–H groups in total. The number of carbonyl (C=O) groups excluding carboxylic acids is 1. The molecule has 5 heteroatoms. The minimum atomic E-state index is -0.0213. The summed E-state index contributed by atoms with van der Waals surface area (Å²) in [5.41, 5.74) is 8.21. The molecule has 100 valence electrons. The van der Waals surface area contributed by atoms with E-state index in [1.807, 2.05) is 5.38 Å². The Labute approximate surface area is 125 Å². The summed E-state index contributed by atoms with van der Waals surface area (Å²) in [6.45, 7) is 2.68. The van der Waals surface area contributed by atoms with Gasteiger partial charge in [0, 0.05) is 27.6 Å². The Morgan fingerprint density at radius 1 is 1.42 bits per heavy atom. The Bertz CT molecular complexity index is 609. The highest BCUT2D eigenvalue weighted by atomic mass is 79.9. The van der Waals surface area contributed by atoms with Crippen LogP contribution in [0.15, 0.2) is 34.1 Å². The van der Waals surface area contributed by atoms with Crippen molar-refractivity contribution in [1.29, 1.82) is 0 Å². The molecule has 2 rings (SSSR count). The van der Waals surface area contributed by atoms with Gasteiger partial charge in [0.15, 0.2) is 0 Å². The smallest absolute Gasteiger partial charge is 0.253 e. The monoisotopic (exact) mass is 338 g/mol. The zero-order valence-corrected chi connectivity index (χ0v) is 13.2. The minimum absolute atomic E-state index is 0.0213. The van der Waals surface area contributed by atoms with Crippen LogP contribution in [0.4, 0.5) is 5.69 Å². The third-order valence-electron chi connectivity index (χ3n) is 2.94. The van der Waals surface area contributed by atoms with Crippen molar-refractivity contribution >= 4 is 38.9 Å². The molecule has 2 aromatic rings. The van der Waals surface area contributed by atoms with Gasteiger partial charge in [0.1, 0.15) is 0 Å². The predicted octanol–water partition coefficient (Wildman–Crippen LogP) is 3.67. The summed E-state index contributed by atoms with van der Waals surface area (Å²) in [6, 6.07) is 7.34. The lowest BCUT2D eigenvalue weighted by atomic mass is 10.1. The molecule has 1 heterocycles. The van der Waals surface area contributed by atoms with Gasteiger partial charge in [-0.05, 0) is 58.1 Å². The number of hydrogen-bond donors (Lipinski definition) is 1. The number of anilines is 1. The van der Waals surface area contributed by atoms with E-state index in [4.69, 9.17) is 5.73 Å². The summed E-state index contributed by atoms with van der Waals surface area (Å²) < 4.78 is 0.806. The predicted molar refractivity (Wildman–Crippen MR) is 83.4 cm³/mol. The SMILES string of the molecule is Cc1ccsc1CN(C)C(=O)c1ccc(Br)c(N)c1. The lowest BCUT2D eigenvalue weighted by molar-refractivity contribution is 0.0786. The van der Waals surface area contributed by atoms with Crippen molar-refractivity contribution in [3.05, 3.63) is 50.1 Å². The summed E-state index contributed by atoms with van der Waals surface area (Å²) in [5.74, 6) is -0.0213. The van der Waals surface area contributed by atoms with Crippen LogP contribution in [0.25, 0.3) is 0 Å². The molecule has 19 heavy (non-hydrogen) atoms. The molecule has 0 saturated heterocycles. The van der Waals surface area contributed by atoms with Crippen LogP contribution >= 0.6 is 27.3 Å². The Morgan fingerprint density at radius 2 is 2.16 bits per heavy atom. The average Bonchev–Trinajstić information content (AvgIpc) is 2.77. The molecule has 3 nitrogen and oxygen atoms in total. The Morgan fingerprint density at radius 3 is 2.74 bits per heavy atom. The van der Waals surface area contributed by atoms with Crippen LogP contribution < -0.4 is 5.73 Å². The number of rotatable bonds is 3. The molecule has 0 aliphatic heterocycles. The van der Waals surface area contributed by atoms with Crippen LogP contribution in [0.3, 0.4) is 0 Å². The second kappa shape index (κ2) is 5.75. The molecule has 1 aromatic heterocycles. The van der Waals surface area contributed by atoms with Gasteiger partial charge in [0.2, 0.25) is 0 Å². The highest BCUT2D eigenvalue weighted by Gasteiger charge is 2.14. The summed E-state index contributed by atoms with van der Waals surface area (Å²) in [7, 11) is 1.81. The molecule has 0 spiro atoms. The van der Waals surface area contributed by atoms with Crippen LogP contribution in [-0.2, 0) is 6.54 Å². The summed E-state index contributed by atoms with van der Waals surface area (Å²) in [4.78, 5) is 15.2. The highest BCUT2D eigenvalue weighted by molar-refractivity contribution is 9.10. The molecule has 0 radical (unpaired) electrons. The van der Waals surface area contributed by atoms with Crippen LogP contribution in [0.2, 0.25) is 0 Å². The zero-order chi connectivity index (χ0) is 14.0. The molecule has 0 saturated carbocycles. The fourth-order valence-corrected chi connectivity index (χ4v) is 2.96. The van der Waals surface area contributed by atoms with Crippen molar-refractivity contribution in [2.24, 2.45) is 0 Å². The third-order valence-corrected chi connectivity index (χ3v) is 4.67. The lowest BCUT2D eigenvalue weighted by Gasteiger charge is -2.17. The van der Waals surface area contributed by atoms with E-state index >= 15 is 0 Å². The number of thiophene rings is 1. The molecule has 0 aliphatic carbocycles. The van der Waals surface area contributed by atoms with Crippen LogP contribution in [0.5, 0.6) is 0 Å². The van der Waals surface area contributed by atoms with E-state index in [1.54, 1.807) is 41.5 Å². The minimum Gasteiger partial charge on any atom is -0.398 e. The van der Waals surface area contributed by atoms with E-state index in [2.05, 4.69) is 28.9 Å². The van der Waals surface area contributed by atoms with E-state index in [1.165, 1.54) is 10.4 Å². The molecular formula is C14H15BrN2OS. The summed E-state index contributed by atoms with van der Waals surface area (Å²) in [5, 5.41) is 2.04. The van der Waals surface area contributed by atoms with E-state index in [-0.39, 0.29) is 5.91 Å². The molecule has 0 unspecified atom stereocenters. The van der Waals surface area contributed by atoms with Crippen LogP contribution in [0.1, 0.15) is 20.8 Å². The number of carbonyl (C=O) groups is 1. The number of nitrogen functional groups attached to an aromatic ring is 1. The summed E-state index contributed by atoms with van der Waals surface area (Å²) in [6.07, 6.45) is 0. The number of nitrogens with zero attached hydrogens (tertiary/aromatic N) is 1. The van der Waals surface area contributed by atoms with E-state index < -0.39 is 0 Å². The van der Waals surface area contributed by atoms with Gasteiger partial charge in [-0.25, -0.2) is 0 Å². The van der Waals surface area contributed by atoms with E-state index in [9.17, 15) is 4.79 Å². The second-order valence-corrected chi connectivity index (χ2v) is 6.28. The average molecular weight is 339 g/mol. The van der Waals surface area contributed by atoms with E-state index in [0.717, 1.165) is 4.47 Å². The maximum Gasteiger partial charge on any atom is 0.253 e. The van der Waals surface area contributed by atoms with Crippen molar-refractivity contribution < 1.29 is 4.79 Å². The van der Waals surface area contributed by atoms with Crippen LogP contribution in [-0.4, -0.2) is 17.9 Å². The first kappa shape index (κ1) is 14.1. The van der Waals surface area contributed by atoms with Crippen molar-refractivity contribution in [2.75, 3.05) is 12.8 Å². The quantitative estimate of drug-likeness (QED) is 0.868. The second-order valence-electron chi connectivity index (χ2n) is 4.42. The maximum atomic E-state index is 12.3. The fourth-order valence-electron chi connectivity index (χ4n) is 1.75. The number of nitrogens with two attached hydrogens (primary N) is 1. The van der Waals surface area contributed by atoms with Gasteiger partial charge >= 0.3 is 0 Å². The molecule has 0 aliphatic rings. The zero-order valence-electron chi connectivity index (χ0n) is 10.8. The van der Waals surface area contributed by atoms with Gasteiger partial charge in [0.05, 0.1) is 6.54 Å². The van der Waals surface area contributed by atoms with Crippen molar-refractivity contribution in [3.63, 3.8) is 0 Å². The fraction of sp³-hybridized carbons (Fsp3) is 0.214. The normalized spacial score (nSPS) is 10.5. The van der Waals surface area contributed by atoms with Gasteiger partial charge in [-0.3, -0.25) is 4.79 Å². The molecular weight excluding hydrogens is 324 g/mol. The molecule has 0 fully saturated rings. The molecule has 1 amide bonds. The highest BCUT2D eigenvalue weighted by Crippen LogP contribution is 2.22. The maximum absolute atomic E-state index is 12.3. The lowest BCUT2D eigenvalue weighted by Crippen LogP contribution is -2.26.